The highest BCUT2D eigenvalue weighted by molar-refractivity contribution is 5.91. The van der Waals surface area contributed by atoms with Crippen LogP contribution in [-0.4, -0.2) is 63.8 Å². The van der Waals surface area contributed by atoms with Crippen molar-refractivity contribution in [1.82, 2.24) is 14.5 Å². The minimum absolute atomic E-state index is 0.0533. The van der Waals surface area contributed by atoms with Gasteiger partial charge >= 0.3 is 0 Å². The number of benzene rings is 1. The molecule has 1 aromatic heterocycles. The lowest BCUT2D eigenvalue weighted by molar-refractivity contribution is -0.141. The first-order chi connectivity index (χ1) is 13.2. The molecule has 1 aromatic carbocycles. The van der Waals surface area contributed by atoms with Crippen LogP contribution in [0.15, 0.2) is 43.0 Å². The summed E-state index contributed by atoms with van der Waals surface area (Å²) < 4.78 is 7.19. The number of carbonyl (C=O) groups excluding carboxylic acids is 2. The summed E-state index contributed by atoms with van der Waals surface area (Å²) in [5.41, 5.74) is 1.70. The van der Waals surface area contributed by atoms with E-state index in [2.05, 4.69) is 10.3 Å². The summed E-state index contributed by atoms with van der Waals surface area (Å²) in [6.07, 6.45) is 5.72. The predicted octanol–water partition coefficient (Wildman–Crippen LogP) is 0.674. The summed E-state index contributed by atoms with van der Waals surface area (Å²) in [4.78, 5) is 30.7. The Balaban J connectivity index is 1.56. The van der Waals surface area contributed by atoms with Crippen LogP contribution < -0.4 is 5.32 Å². The van der Waals surface area contributed by atoms with E-state index in [1.54, 1.807) is 28.2 Å². The molecule has 1 aliphatic rings. The van der Waals surface area contributed by atoms with Crippen molar-refractivity contribution in [3.8, 4) is 0 Å². The number of morpholine rings is 1. The molecule has 27 heavy (non-hydrogen) atoms. The number of rotatable bonds is 7. The second-order valence-corrected chi connectivity index (χ2v) is 6.47. The van der Waals surface area contributed by atoms with Crippen LogP contribution in [0.1, 0.15) is 12.0 Å². The van der Waals surface area contributed by atoms with Crippen LogP contribution in [0.4, 0.5) is 5.69 Å². The number of aromatic nitrogens is 2. The summed E-state index contributed by atoms with van der Waals surface area (Å²) in [6, 6.07) is 7.07. The van der Waals surface area contributed by atoms with Crippen molar-refractivity contribution in [3.63, 3.8) is 0 Å². The largest absolute Gasteiger partial charge is 0.396 e. The third-order valence-electron chi connectivity index (χ3n) is 4.48. The van der Waals surface area contributed by atoms with Crippen molar-refractivity contribution in [2.24, 2.45) is 0 Å². The number of aliphatic hydroxyl groups is 1. The van der Waals surface area contributed by atoms with Crippen LogP contribution in [0.2, 0.25) is 0 Å². The zero-order chi connectivity index (χ0) is 19.1. The van der Waals surface area contributed by atoms with Gasteiger partial charge in [0.05, 0.1) is 25.6 Å². The lowest BCUT2D eigenvalue weighted by atomic mass is 10.1. The zero-order valence-corrected chi connectivity index (χ0v) is 15.1. The third kappa shape index (κ3) is 5.38. The van der Waals surface area contributed by atoms with Crippen LogP contribution in [0.5, 0.6) is 0 Å². The van der Waals surface area contributed by atoms with E-state index in [0.29, 0.717) is 31.9 Å². The van der Waals surface area contributed by atoms with Gasteiger partial charge in [-0.05, 0) is 24.1 Å². The third-order valence-corrected chi connectivity index (χ3v) is 4.48. The Morgan fingerprint density at radius 3 is 2.81 bits per heavy atom. The van der Waals surface area contributed by atoms with E-state index in [1.165, 1.54) is 0 Å². The van der Waals surface area contributed by atoms with Crippen LogP contribution in [0, 0.1) is 0 Å². The Labute approximate surface area is 157 Å². The standard InChI is InChI=1S/C19H24N4O4/c24-9-5-15-1-3-16(4-2-15)21-18(25)11-17-13-27-10-8-23(17)19(26)12-22-7-6-20-14-22/h1-4,6-7,14,17,24H,5,8-13H2,(H,21,25)/t17-/m1/s1. The summed E-state index contributed by atoms with van der Waals surface area (Å²) >= 11 is 0. The van der Waals surface area contributed by atoms with Crippen LogP contribution in [-0.2, 0) is 27.3 Å². The molecule has 144 valence electrons. The fourth-order valence-electron chi connectivity index (χ4n) is 3.09. The van der Waals surface area contributed by atoms with E-state index < -0.39 is 0 Å². The van der Waals surface area contributed by atoms with Crippen molar-refractivity contribution >= 4 is 17.5 Å². The van der Waals surface area contributed by atoms with Gasteiger partial charge in [0.1, 0.15) is 6.54 Å². The molecule has 2 amide bonds. The number of hydrogen-bond donors (Lipinski definition) is 2. The average Bonchev–Trinajstić information content (AvgIpc) is 3.17. The van der Waals surface area contributed by atoms with Gasteiger partial charge in [0.2, 0.25) is 11.8 Å². The molecule has 0 saturated carbocycles. The quantitative estimate of drug-likeness (QED) is 0.745. The van der Waals surface area contributed by atoms with Gasteiger partial charge in [0, 0.05) is 37.7 Å². The molecule has 1 fully saturated rings. The molecule has 1 aliphatic heterocycles. The summed E-state index contributed by atoms with van der Waals surface area (Å²) in [7, 11) is 0. The van der Waals surface area contributed by atoms with Crippen LogP contribution in [0.25, 0.3) is 0 Å². The lowest BCUT2D eigenvalue weighted by Crippen LogP contribution is -2.50. The molecule has 2 N–H and O–H groups in total. The molecule has 1 saturated heterocycles. The van der Waals surface area contributed by atoms with Crippen molar-refractivity contribution < 1.29 is 19.4 Å². The van der Waals surface area contributed by atoms with E-state index in [1.807, 2.05) is 24.3 Å². The molecular weight excluding hydrogens is 348 g/mol. The first-order valence-corrected chi connectivity index (χ1v) is 8.98. The van der Waals surface area contributed by atoms with Gasteiger partial charge in [-0.3, -0.25) is 9.59 Å². The fraction of sp³-hybridized carbons (Fsp3) is 0.421. The Morgan fingerprint density at radius 1 is 1.30 bits per heavy atom. The zero-order valence-electron chi connectivity index (χ0n) is 15.1. The van der Waals surface area contributed by atoms with E-state index in [0.717, 1.165) is 5.56 Å². The van der Waals surface area contributed by atoms with Crippen molar-refractivity contribution in [2.75, 3.05) is 31.7 Å². The molecule has 0 aliphatic carbocycles. The Hall–Kier alpha value is -2.71. The van der Waals surface area contributed by atoms with E-state index in [-0.39, 0.29) is 37.4 Å². The summed E-state index contributed by atoms with van der Waals surface area (Å²) in [5.74, 6) is -0.219. The van der Waals surface area contributed by atoms with Crippen molar-refractivity contribution in [1.29, 1.82) is 0 Å². The molecule has 2 heterocycles. The number of nitrogens with one attached hydrogen (secondary N) is 1. The molecule has 2 aromatic rings. The van der Waals surface area contributed by atoms with Gasteiger partial charge in [-0.25, -0.2) is 4.98 Å². The van der Waals surface area contributed by atoms with Gasteiger partial charge < -0.3 is 24.6 Å². The normalized spacial score (nSPS) is 16.9. The van der Waals surface area contributed by atoms with Crippen molar-refractivity contribution in [3.05, 3.63) is 48.5 Å². The van der Waals surface area contributed by atoms with Gasteiger partial charge in [0.25, 0.3) is 0 Å². The predicted molar refractivity (Wildman–Crippen MR) is 99.0 cm³/mol. The minimum Gasteiger partial charge on any atom is -0.396 e. The van der Waals surface area contributed by atoms with Crippen LogP contribution in [0.3, 0.4) is 0 Å². The maximum absolute atomic E-state index is 12.6. The van der Waals surface area contributed by atoms with E-state index >= 15 is 0 Å². The molecule has 0 radical (unpaired) electrons. The molecule has 0 unspecified atom stereocenters. The van der Waals surface area contributed by atoms with Gasteiger partial charge in [-0.1, -0.05) is 12.1 Å². The first-order valence-electron chi connectivity index (χ1n) is 8.98. The lowest BCUT2D eigenvalue weighted by Gasteiger charge is -2.35. The highest BCUT2D eigenvalue weighted by atomic mass is 16.5. The smallest absolute Gasteiger partial charge is 0.242 e. The second kappa shape index (κ2) is 9.29. The average molecular weight is 372 g/mol. The van der Waals surface area contributed by atoms with Gasteiger partial charge in [0.15, 0.2) is 0 Å². The molecule has 3 rings (SSSR count). The maximum atomic E-state index is 12.6. The highest BCUT2D eigenvalue weighted by Gasteiger charge is 2.29. The minimum atomic E-state index is -0.288. The molecule has 8 nitrogen and oxygen atoms in total. The monoisotopic (exact) mass is 372 g/mol. The van der Waals surface area contributed by atoms with Gasteiger partial charge in [-0.15, -0.1) is 0 Å². The number of hydrogen-bond acceptors (Lipinski definition) is 5. The Morgan fingerprint density at radius 2 is 2.11 bits per heavy atom. The number of imidazole rings is 1. The first kappa shape index (κ1) is 19.1. The number of aliphatic hydroxyl groups excluding tert-OH is 1. The maximum Gasteiger partial charge on any atom is 0.242 e. The van der Waals surface area contributed by atoms with Crippen molar-refractivity contribution in [2.45, 2.75) is 25.4 Å². The second-order valence-electron chi connectivity index (χ2n) is 6.47. The number of anilines is 1. The number of amides is 2. The number of ether oxygens (including phenoxy) is 1. The van der Waals surface area contributed by atoms with Gasteiger partial charge in [-0.2, -0.15) is 0 Å². The fourth-order valence-corrected chi connectivity index (χ4v) is 3.09. The topological polar surface area (TPSA) is 96.7 Å². The van der Waals surface area contributed by atoms with E-state index in [4.69, 9.17) is 9.84 Å². The summed E-state index contributed by atoms with van der Waals surface area (Å²) in [5, 5.41) is 11.8. The van der Waals surface area contributed by atoms with E-state index in [9.17, 15) is 9.59 Å². The van der Waals surface area contributed by atoms with Crippen LogP contribution >= 0.6 is 0 Å². The number of nitrogens with zero attached hydrogens (tertiary/aromatic N) is 3. The molecule has 8 heteroatoms. The Kier molecular flexibility index (Phi) is 6.56. The summed E-state index contributed by atoms with van der Waals surface area (Å²) in [6.45, 7) is 1.58. The molecule has 0 spiro atoms. The number of carbonyl (C=O) groups is 2. The SMILES string of the molecule is O=C(C[C@@H]1COCCN1C(=O)Cn1ccnc1)Nc1ccc(CCO)cc1. The highest BCUT2D eigenvalue weighted by Crippen LogP contribution is 2.15. The Bertz CT molecular complexity index is 746. The molecule has 1 atom stereocenters. The molecule has 0 bridgehead atoms. The molecular formula is C19H24N4O4.